The third kappa shape index (κ3) is 2.02. The number of rotatable bonds is 2. The average molecular weight is 194 g/mol. The van der Waals surface area contributed by atoms with Gasteiger partial charge in [0.25, 0.3) is 0 Å². The first-order valence-corrected chi connectivity index (χ1v) is 4.70. The number of nitrogens with one attached hydrogen (secondary N) is 1. The van der Waals surface area contributed by atoms with E-state index in [1.54, 1.807) is 13.3 Å². The van der Waals surface area contributed by atoms with Crippen LogP contribution in [0, 0.1) is 0 Å². The molecule has 1 atom stereocenters. The van der Waals surface area contributed by atoms with Crippen LogP contribution in [0.3, 0.4) is 0 Å². The molecule has 4 heteroatoms. The summed E-state index contributed by atoms with van der Waals surface area (Å²) in [5.74, 6) is 0.787. The van der Waals surface area contributed by atoms with E-state index < -0.39 is 0 Å². The summed E-state index contributed by atoms with van der Waals surface area (Å²) >= 11 is 0. The highest BCUT2D eigenvalue weighted by atomic mass is 16.5. The molecule has 0 spiro atoms. The third-order valence-corrected chi connectivity index (χ3v) is 2.29. The maximum atomic E-state index is 5.38. The Labute approximate surface area is 83.2 Å². The first-order chi connectivity index (χ1) is 6.90. The van der Waals surface area contributed by atoms with Gasteiger partial charge >= 0.3 is 0 Å². The lowest BCUT2D eigenvalue weighted by molar-refractivity contribution is 0.0767. The van der Waals surface area contributed by atoms with Gasteiger partial charge in [0.2, 0.25) is 0 Å². The smallest absolute Gasteiger partial charge is 0.137 e. The first-order valence-electron chi connectivity index (χ1n) is 4.70. The summed E-state index contributed by atoms with van der Waals surface area (Å²) < 4.78 is 10.5. The number of nitrogens with zero attached hydrogens (tertiary/aromatic N) is 1. The Morgan fingerprint density at radius 3 is 3.21 bits per heavy atom. The maximum absolute atomic E-state index is 5.38. The van der Waals surface area contributed by atoms with E-state index in [0.29, 0.717) is 6.61 Å². The van der Waals surface area contributed by atoms with Crippen LogP contribution in [0.5, 0.6) is 5.75 Å². The van der Waals surface area contributed by atoms with E-state index >= 15 is 0 Å². The summed E-state index contributed by atoms with van der Waals surface area (Å²) in [6.45, 7) is 2.38. The van der Waals surface area contributed by atoms with Gasteiger partial charge in [0.05, 0.1) is 32.6 Å². The molecule has 1 fully saturated rings. The number of ether oxygens (including phenoxy) is 2. The molecular weight excluding hydrogens is 180 g/mol. The van der Waals surface area contributed by atoms with Crippen LogP contribution in [0.1, 0.15) is 11.6 Å². The summed E-state index contributed by atoms with van der Waals surface area (Å²) in [4.78, 5) is 4.11. The summed E-state index contributed by atoms with van der Waals surface area (Å²) in [6, 6.07) is 2.23. The van der Waals surface area contributed by atoms with Gasteiger partial charge in [0, 0.05) is 12.7 Å². The molecule has 2 heterocycles. The van der Waals surface area contributed by atoms with Gasteiger partial charge in [-0.2, -0.15) is 0 Å². The van der Waals surface area contributed by atoms with Crippen LogP contribution in [0.2, 0.25) is 0 Å². The molecule has 1 N–H and O–H groups in total. The average Bonchev–Trinajstić information content (AvgIpc) is 2.30. The lowest BCUT2D eigenvalue weighted by Crippen LogP contribution is -2.34. The zero-order chi connectivity index (χ0) is 9.80. The molecule has 0 unspecified atom stereocenters. The number of morpholine rings is 1. The third-order valence-electron chi connectivity index (χ3n) is 2.29. The van der Waals surface area contributed by atoms with Gasteiger partial charge in [-0.05, 0) is 11.6 Å². The highest BCUT2D eigenvalue weighted by molar-refractivity contribution is 5.26. The first kappa shape index (κ1) is 9.43. The van der Waals surface area contributed by atoms with E-state index in [2.05, 4.69) is 10.3 Å². The van der Waals surface area contributed by atoms with Crippen molar-refractivity contribution in [3.05, 3.63) is 24.0 Å². The zero-order valence-electron chi connectivity index (χ0n) is 8.19. The molecule has 14 heavy (non-hydrogen) atoms. The van der Waals surface area contributed by atoms with Gasteiger partial charge in [0.1, 0.15) is 5.75 Å². The van der Waals surface area contributed by atoms with Crippen molar-refractivity contribution in [2.45, 2.75) is 6.04 Å². The SMILES string of the molecule is COc1cncc([C@H]2COCCN2)c1. The van der Waals surface area contributed by atoms with E-state index in [9.17, 15) is 0 Å². The van der Waals surface area contributed by atoms with Crippen LogP contribution in [-0.2, 0) is 4.74 Å². The van der Waals surface area contributed by atoms with Crippen LogP contribution < -0.4 is 10.1 Å². The molecule has 2 rings (SSSR count). The van der Waals surface area contributed by atoms with Crippen LogP contribution in [-0.4, -0.2) is 31.9 Å². The highest BCUT2D eigenvalue weighted by Gasteiger charge is 2.15. The second kappa shape index (κ2) is 4.39. The minimum Gasteiger partial charge on any atom is -0.495 e. The predicted molar refractivity (Wildman–Crippen MR) is 52.4 cm³/mol. The molecule has 0 aromatic carbocycles. The number of aromatic nitrogens is 1. The molecule has 0 radical (unpaired) electrons. The standard InChI is InChI=1S/C10H14N2O2/c1-13-9-4-8(5-11-6-9)10-7-14-3-2-12-10/h4-6,10,12H,2-3,7H2,1H3/t10-/m1/s1. The van der Waals surface area contributed by atoms with Crippen LogP contribution >= 0.6 is 0 Å². The molecule has 1 aliphatic rings. The normalized spacial score (nSPS) is 21.9. The quantitative estimate of drug-likeness (QED) is 0.754. The van der Waals surface area contributed by atoms with Crippen LogP contribution in [0.25, 0.3) is 0 Å². The topological polar surface area (TPSA) is 43.4 Å². The Hall–Kier alpha value is -1.13. The van der Waals surface area contributed by atoms with Gasteiger partial charge in [-0.3, -0.25) is 4.98 Å². The molecule has 1 aromatic heterocycles. The molecule has 0 amide bonds. The summed E-state index contributed by atoms with van der Waals surface area (Å²) in [6.07, 6.45) is 3.54. The monoisotopic (exact) mass is 194 g/mol. The fourth-order valence-corrected chi connectivity index (χ4v) is 1.52. The van der Waals surface area contributed by atoms with Crippen LogP contribution in [0.15, 0.2) is 18.5 Å². The lowest BCUT2D eigenvalue weighted by Gasteiger charge is -2.23. The molecule has 0 saturated carbocycles. The van der Waals surface area contributed by atoms with Crippen molar-refractivity contribution in [2.75, 3.05) is 26.9 Å². The van der Waals surface area contributed by atoms with Gasteiger partial charge in [-0.15, -0.1) is 0 Å². The van der Waals surface area contributed by atoms with E-state index in [-0.39, 0.29) is 6.04 Å². The summed E-state index contributed by atoms with van der Waals surface area (Å²) in [5, 5.41) is 3.37. The van der Waals surface area contributed by atoms with Crippen molar-refractivity contribution in [1.29, 1.82) is 0 Å². The Morgan fingerprint density at radius 1 is 1.57 bits per heavy atom. The van der Waals surface area contributed by atoms with Crippen LogP contribution in [0.4, 0.5) is 0 Å². The van der Waals surface area contributed by atoms with Crippen molar-refractivity contribution in [3.8, 4) is 5.75 Å². The van der Waals surface area contributed by atoms with Gasteiger partial charge < -0.3 is 14.8 Å². The van der Waals surface area contributed by atoms with Crippen molar-refractivity contribution in [1.82, 2.24) is 10.3 Å². The molecule has 76 valence electrons. The Balaban J connectivity index is 2.13. The molecule has 1 aromatic rings. The van der Waals surface area contributed by atoms with Crippen molar-refractivity contribution < 1.29 is 9.47 Å². The Kier molecular flexibility index (Phi) is 2.96. The van der Waals surface area contributed by atoms with Gasteiger partial charge in [-0.25, -0.2) is 0 Å². The van der Waals surface area contributed by atoms with E-state index in [1.165, 1.54) is 0 Å². The lowest BCUT2D eigenvalue weighted by atomic mass is 10.1. The van der Waals surface area contributed by atoms with E-state index in [0.717, 1.165) is 24.5 Å². The number of methoxy groups -OCH3 is 1. The number of hydrogen-bond donors (Lipinski definition) is 1. The second-order valence-corrected chi connectivity index (χ2v) is 3.24. The van der Waals surface area contributed by atoms with Crippen molar-refractivity contribution >= 4 is 0 Å². The van der Waals surface area contributed by atoms with Crippen molar-refractivity contribution in [2.24, 2.45) is 0 Å². The molecule has 0 aliphatic carbocycles. The van der Waals surface area contributed by atoms with E-state index in [4.69, 9.17) is 9.47 Å². The van der Waals surface area contributed by atoms with Gasteiger partial charge in [0.15, 0.2) is 0 Å². The molecule has 4 nitrogen and oxygen atoms in total. The molecule has 1 aliphatic heterocycles. The fourth-order valence-electron chi connectivity index (χ4n) is 1.52. The van der Waals surface area contributed by atoms with Crippen molar-refractivity contribution in [3.63, 3.8) is 0 Å². The fraction of sp³-hybridized carbons (Fsp3) is 0.500. The predicted octanol–water partition coefficient (Wildman–Crippen LogP) is 0.751. The maximum Gasteiger partial charge on any atom is 0.137 e. The molecular formula is C10H14N2O2. The second-order valence-electron chi connectivity index (χ2n) is 3.24. The summed E-state index contributed by atoms with van der Waals surface area (Å²) in [5.41, 5.74) is 1.11. The zero-order valence-corrected chi connectivity index (χ0v) is 8.19. The Bertz CT molecular complexity index is 298. The Morgan fingerprint density at radius 2 is 2.50 bits per heavy atom. The largest absolute Gasteiger partial charge is 0.495 e. The molecule has 1 saturated heterocycles. The molecule has 0 bridgehead atoms. The minimum atomic E-state index is 0.242. The highest BCUT2D eigenvalue weighted by Crippen LogP contribution is 2.18. The number of pyridine rings is 1. The van der Waals surface area contributed by atoms with E-state index in [1.807, 2.05) is 12.3 Å². The minimum absolute atomic E-state index is 0.242. The van der Waals surface area contributed by atoms with Gasteiger partial charge in [-0.1, -0.05) is 0 Å². The summed E-state index contributed by atoms with van der Waals surface area (Å²) in [7, 11) is 1.64. The number of hydrogen-bond acceptors (Lipinski definition) is 4.